The van der Waals surface area contributed by atoms with E-state index in [2.05, 4.69) is 22.2 Å². The van der Waals surface area contributed by atoms with Crippen LogP contribution >= 0.6 is 11.8 Å². The van der Waals surface area contributed by atoms with Gasteiger partial charge in [0.1, 0.15) is 17.3 Å². The van der Waals surface area contributed by atoms with Gasteiger partial charge in [0.2, 0.25) is 0 Å². The van der Waals surface area contributed by atoms with Gasteiger partial charge >= 0.3 is 0 Å². The van der Waals surface area contributed by atoms with Crippen LogP contribution in [0, 0.1) is 5.92 Å². The summed E-state index contributed by atoms with van der Waals surface area (Å²) in [5.41, 5.74) is 0.825. The Bertz CT molecular complexity index is 864. The highest BCUT2D eigenvalue weighted by Crippen LogP contribution is 2.26. The van der Waals surface area contributed by atoms with Crippen LogP contribution in [0.5, 0.6) is 5.75 Å². The molecule has 0 spiro atoms. The van der Waals surface area contributed by atoms with Gasteiger partial charge in [-0.1, -0.05) is 6.07 Å². The van der Waals surface area contributed by atoms with E-state index >= 15 is 0 Å². The van der Waals surface area contributed by atoms with Gasteiger partial charge in [-0.05, 0) is 69.6 Å². The number of likely N-dealkylation sites (tertiary alicyclic amines) is 1. The lowest BCUT2D eigenvalue weighted by molar-refractivity contribution is 0.0851. The van der Waals surface area contributed by atoms with Crippen LogP contribution in [0.3, 0.4) is 0 Å². The van der Waals surface area contributed by atoms with Crippen LogP contribution in [-0.4, -0.2) is 55.1 Å². The number of anilines is 1. The Labute approximate surface area is 169 Å². The summed E-state index contributed by atoms with van der Waals surface area (Å²) in [6, 6.07) is 10.6. The molecule has 1 aliphatic heterocycles. The lowest BCUT2D eigenvalue weighted by Crippen LogP contribution is -2.33. The molecule has 0 aliphatic carbocycles. The number of ether oxygens (including phenoxy) is 1. The maximum atomic E-state index is 12.8. The zero-order valence-corrected chi connectivity index (χ0v) is 17.2. The van der Waals surface area contributed by atoms with E-state index in [1.807, 2.05) is 18.4 Å². The van der Waals surface area contributed by atoms with Crippen molar-refractivity contribution in [3.05, 3.63) is 47.7 Å². The molecule has 0 unspecified atom stereocenters. The smallest absolute Gasteiger partial charge is 0.260 e. The van der Waals surface area contributed by atoms with Gasteiger partial charge in [0.15, 0.2) is 5.78 Å². The van der Waals surface area contributed by atoms with E-state index in [4.69, 9.17) is 4.74 Å². The molecule has 1 N–H and O–H groups in total. The Hall–Kier alpha value is -2.38. The monoisotopic (exact) mass is 399 g/mol. The molecular weight excluding hydrogens is 374 g/mol. The molecular formula is C21H25N3O3S. The van der Waals surface area contributed by atoms with Crippen LogP contribution in [0.2, 0.25) is 0 Å². The van der Waals surface area contributed by atoms with Crippen molar-refractivity contribution >= 4 is 29.3 Å². The number of hydrogen-bond acceptors (Lipinski definition) is 6. The lowest BCUT2D eigenvalue weighted by Gasteiger charge is -2.27. The largest absolute Gasteiger partial charge is 0.496 e. The molecule has 0 bridgehead atoms. The number of carbonyl (C=O) groups excluding carboxylic acids is 2. The normalized spacial score (nSPS) is 15.2. The fourth-order valence-corrected chi connectivity index (χ4v) is 3.72. The van der Waals surface area contributed by atoms with Crippen molar-refractivity contribution in [1.82, 2.24) is 9.88 Å². The third-order valence-electron chi connectivity index (χ3n) is 4.99. The molecule has 1 aliphatic rings. The number of benzene rings is 1. The highest BCUT2D eigenvalue weighted by Gasteiger charge is 2.25. The number of carbonyl (C=O) groups is 2. The Morgan fingerprint density at radius 1 is 1.21 bits per heavy atom. The van der Waals surface area contributed by atoms with Gasteiger partial charge in [-0.2, -0.15) is 0 Å². The molecule has 3 rings (SSSR count). The van der Waals surface area contributed by atoms with Gasteiger partial charge in [-0.3, -0.25) is 9.59 Å². The first-order valence-corrected chi connectivity index (χ1v) is 10.5. The molecule has 7 heteroatoms. The average Bonchev–Trinajstić information content (AvgIpc) is 2.73. The number of thioether (sulfide) groups is 1. The number of nitrogens with zero attached hydrogens (tertiary/aromatic N) is 2. The average molecular weight is 400 g/mol. The molecule has 6 nitrogen and oxygen atoms in total. The van der Waals surface area contributed by atoms with Gasteiger partial charge in [0.25, 0.3) is 5.91 Å². The lowest BCUT2D eigenvalue weighted by atomic mass is 9.91. The molecule has 148 valence electrons. The van der Waals surface area contributed by atoms with Crippen molar-refractivity contribution in [3.63, 3.8) is 0 Å². The van der Waals surface area contributed by atoms with E-state index in [9.17, 15) is 9.59 Å². The van der Waals surface area contributed by atoms with Crippen LogP contribution in [0.15, 0.2) is 41.3 Å². The Kier molecular flexibility index (Phi) is 6.70. The molecule has 0 atom stereocenters. The predicted molar refractivity (Wildman–Crippen MR) is 112 cm³/mol. The summed E-state index contributed by atoms with van der Waals surface area (Å²) < 4.78 is 5.34. The quantitative estimate of drug-likeness (QED) is 0.591. The second kappa shape index (κ2) is 9.21. The standard InChI is InChI=1S/C21H25N3O3S/c1-24-11-9-14(10-12-24)20(25)17-5-4-6-19(22-17)23-21(26)16-8-7-15(28-3)13-18(16)27-2/h4-8,13-14H,9-12H2,1-3H3,(H,22,23,26). The second-order valence-electron chi connectivity index (χ2n) is 6.87. The predicted octanol–water partition coefficient (Wildman–Crippen LogP) is 3.59. The summed E-state index contributed by atoms with van der Waals surface area (Å²) in [6.45, 7) is 1.83. The summed E-state index contributed by atoms with van der Waals surface area (Å²) in [5.74, 6) is 0.587. The van der Waals surface area contributed by atoms with Crippen molar-refractivity contribution < 1.29 is 14.3 Å². The highest BCUT2D eigenvalue weighted by molar-refractivity contribution is 7.98. The van der Waals surface area contributed by atoms with E-state index in [-0.39, 0.29) is 17.6 Å². The topological polar surface area (TPSA) is 71.5 Å². The summed E-state index contributed by atoms with van der Waals surface area (Å²) in [5, 5.41) is 2.78. The molecule has 1 fully saturated rings. The number of Topliss-reactive ketones (excluding diaryl/α,β-unsaturated/α-hetero) is 1. The maximum Gasteiger partial charge on any atom is 0.260 e. The third-order valence-corrected chi connectivity index (χ3v) is 5.71. The molecule has 0 saturated carbocycles. The summed E-state index contributed by atoms with van der Waals surface area (Å²) >= 11 is 1.58. The minimum absolute atomic E-state index is 0.00571. The number of methoxy groups -OCH3 is 1. The molecule has 0 radical (unpaired) electrons. The number of amides is 1. The van der Waals surface area contributed by atoms with Crippen LogP contribution < -0.4 is 10.1 Å². The first kappa shape index (κ1) is 20.4. The minimum atomic E-state index is -0.319. The molecule has 2 heterocycles. The highest BCUT2D eigenvalue weighted by atomic mass is 32.2. The zero-order chi connectivity index (χ0) is 20.1. The molecule has 1 aromatic heterocycles. The molecule has 1 amide bonds. The molecule has 28 heavy (non-hydrogen) atoms. The van der Waals surface area contributed by atoms with Gasteiger partial charge < -0.3 is 15.0 Å². The summed E-state index contributed by atoms with van der Waals surface area (Å²) in [6.07, 6.45) is 3.64. The number of ketones is 1. The van der Waals surface area contributed by atoms with Crippen LogP contribution in [0.25, 0.3) is 0 Å². The van der Waals surface area contributed by atoms with E-state index in [0.29, 0.717) is 22.8 Å². The summed E-state index contributed by atoms with van der Waals surface area (Å²) in [4.78, 5) is 33.1. The second-order valence-corrected chi connectivity index (χ2v) is 7.75. The third kappa shape index (κ3) is 4.72. The number of hydrogen-bond donors (Lipinski definition) is 1. The molecule has 1 aromatic carbocycles. The van der Waals surface area contributed by atoms with Crippen LogP contribution in [0.1, 0.15) is 33.7 Å². The maximum absolute atomic E-state index is 12.8. The first-order valence-electron chi connectivity index (χ1n) is 9.25. The van der Waals surface area contributed by atoms with Gasteiger partial charge in [-0.15, -0.1) is 11.8 Å². The molecule has 2 aromatic rings. The fraction of sp³-hybridized carbons (Fsp3) is 0.381. The van der Waals surface area contributed by atoms with Crippen LogP contribution in [-0.2, 0) is 0 Å². The first-order chi connectivity index (χ1) is 13.5. The molecule has 1 saturated heterocycles. The van der Waals surface area contributed by atoms with Gasteiger partial charge in [0, 0.05) is 10.8 Å². The number of nitrogens with one attached hydrogen (secondary N) is 1. The van der Waals surface area contributed by atoms with E-state index in [0.717, 1.165) is 30.8 Å². The van der Waals surface area contributed by atoms with E-state index in [1.54, 1.807) is 36.0 Å². The van der Waals surface area contributed by atoms with Crippen molar-refractivity contribution in [1.29, 1.82) is 0 Å². The number of pyridine rings is 1. The van der Waals surface area contributed by atoms with Crippen molar-refractivity contribution in [2.75, 3.05) is 38.8 Å². The summed E-state index contributed by atoms with van der Waals surface area (Å²) in [7, 11) is 3.60. The van der Waals surface area contributed by atoms with Gasteiger partial charge in [0.05, 0.1) is 12.7 Å². The SMILES string of the molecule is COc1cc(SC)ccc1C(=O)Nc1cccc(C(=O)C2CCN(C)CC2)n1. The van der Waals surface area contributed by atoms with Crippen molar-refractivity contribution in [2.45, 2.75) is 17.7 Å². The number of aromatic nitrogens is 1. The van der Waals surface area contributed by atoms with Crippen molar-refractivity contribution in [2.24, 2.45) is 5.92 Å². The van der Waals surface area contributed by atoms with E-state index < -0.39 is 0 Å². The Morgan fingerprint density at radius 3 is 2.64 bits per heavy atom. The van der Waals surface area contributed by atoms with Crippen LogP contribution in [0.4, 0.5) is 5.82 Å². The van der Waals surface area contributed by atoms with Crippen molar-refractivity contribution in [3.8, 4) is 5.75 Å². The minimum Gasteiger partial charge on any atom is -0.496 e. The zero-order valence-electron chi connectivity index (χ0n) is 16.4. The fourth-order valence-electron chi connectivity index (χ4n) is 3.29. The Balaban J connectivity index is 1.74. The van der Waals surface area contributed by atoms with E-state index in [1.165, 1.54) is 7.11 Å². The Morgan fingerprint density at radius 2 is 1.96 bits per heavy atom. The number of piperidine rings is 1. The van der Waals surface area contributed by atoms with Gasteiger partial charge in [-0.25, -0.2) is 4.98 Å². The number of rotatable bonds is 6.